The van der Waals surface area contributed by atoms with Crippen LogP contribution in [0.4, 0.5) is 23.6 Å². The minimum atomic E-state index is -4.70. The lowest BCUT2D eigenvalue weighted by Crippen LogP contribution is -2.37. The van der Waals surface area contributed by atoms with Gasteiger partial charge in [-0.05, 0) is 30.7 Å². The van der Waals surface area contributed by atoms with Gasteiger partial charge in [-0.1, -0.05) is 24.3 Å². The first kappa shape index (κ1) is 21.0. The van der Waals surface area contributed by atoms with E-state index in [1.807, 2.05) is 23.1 Å². The number of nitrogens with zero attached hydrogens (tertiary/aromatic N) is 3. The van der Waals surface area contributed by atoms with Gasteiger partial charge in [-0.3, -0.25) is 4.79 Å². The normalized spacial score (nSPS) is 16.8. The molecule has 1 amide bonds. The van der Waals surface area contributed by atoms with Crippen LogP contribution in [-0.2, 0) is 0 Å². The highest BCUT2D eigenvalue weighted by atomic mass is 19.3. The van der Waals surface area contributed by atoms with Crippen molar-refractivity contribution in [2.45, 2.75) is 25.0 Å². The molecule has 1 fully saturated rings. The Hall–Kier alpha value is -3.30. The molecule has 1 aliphatic rings. The maximum Gasteiger partial charge on any atom is 0.461 e. The quantitative estimate of drug-likeness (QED) is 0.535. The van der Waals surface area contributed by atoms with Gasteiger partial charge in [-0.2, -0.15) is 22.5 Å². The average Bonchev–Trinajstić information content (AvgIpc) is 3.40. The van der Waals surface area contributed by atoms with Crippen LogP contribution in [0.25, 0.3) is 11.1 Å². The number of aromatic nitrogens is 1. The molecule has 0 radical (unpaired) electrons. The van der Waals surface area contributed by atoms with Crippen molar-refractivity contribution in [3.8, 4) is 5.75 Å². The Balaban J connectivity index is 1.49. The molecule has 10 heteroatoms. The molecular formula is C21H19F4N3O3. The van der Waals surface area contributed by atoms with Crippen molar-refractivity contribution >= 4 is 23.0 Å². The van der Waals surface area contributed by atoms with Gasteiger partial charge in [0.15, 0.2) is 5.58 Å². The van der Waals surface area contributed by atoms with E-state index in [-0.39, 0.29) is 18.2 Å². The lowest BCUT2D eigenvalue weighted by molar-refractivity contribution is -0.253. The third-order valence-electron chi connectivity index (χ3n) is 5.20. The predicted octanol–water partition coefficient (Wildman–Crippen LogP) is 4.42. The van der Waals surface area contributed by atoms with Gasteiger partial charge in [0.1, 0.15) is 11.3 Å². The Bertz CT molecular complexity index is 1060. The average molecular weight is 437 g/mol. The van der Waals surface area contributed by atoms with Crippen molar-refractivity contribution in [1.29, 1.82) is 0 Å². The molecule has 0 saturated carbocycles. The molecule has 0 N–H and O–H groups in total. The van der Waals surface area contributed by atoms with Crippen LogP contribution >= 0.6 is 0 Å². The van der Waals surface area contributed by atoms with Crippen LogP contribution in [0.3, 0.4) is 0 Å². The van der Waals surface area contributed by atoms with Crippen molar-refractivity contribution in [2.24, 2.45) is 0 Å². The smallest absolute Gasteiger partial charge is 0.427 e. The van der Waals surface area contributed by atoms with Gasteiger partial charge >= 0.3 is 12.5 Å². The maximum atomic E-state index is 13.4. The Morgan fingerprint density at radius 2 is 1.94 bits per heavy atom. The summed E-state index contributed by atoms with van der Waals surface area (Å²) in [5.41, 5.74) is 1.15. The van der Waals surface area contributed by atoms with Gasteiger partial charge in [0.2, 0.25) is 0 Å². The summed E-state index contributed by atoms with van der Waals surface area (Å²) < 4.78 is 61.7. The third-order valence-corrected chi connectivity index (χ3v) is 5.20. The number of ether oxygens (including phenoxy) is 1. The van der Waals surface area contributed by atoms with Gasteiger partial charge in [0, 0.05) is 20.1 Å². The predicted molar refractivity (Wildman–Crippen MR) is 105 cm³/mol. The van der Waals surface area contributed by atoms with Crippen LogP contribution in [0.2, 0.25) is 0 Å². The summed E-state index contributed by atoms with van der Waals surface area (Å²) in [6.45, 7) is 0.640. The first-order chi connectivity index (χ1) is 14.8. The molecule has 0 bridgehead atoms. The van der Waals surface area contributed by atoms with E-state index < -0.39 is 24.2 Å². The summed E-state index contributed by atoms with van der Waals surface area (Å²) in [6.07, 6.45) is -8.12. The van der Waals surface area contributed by atoms with E-state index in [4.69, 9.17) is 4.42 Å². The first-order valence-electron chi connectivity index (χ1n) is 9.58. The number of alkyl halides is 4. The summed E-state index contributed by atoms with van der Waals surface area (Å²) in [5.74, 6) is -1.16. The molecule has 1 saturated heterocycles. The molecule has 2 aromatic carbocycles. The zero-order valence-corrected chi connectivity index (χ0v) is 16.5. The number of benzene rings is 2. The van der Waals surface area contributed by atoms with E-state index in [1.165, 1.54) is 23.1 Å². The minimum absolute atomic E-state index is 0.118. The van der Waals surface area contributed by atoms with Crippen LogP contribution in [-0.4, -0.2) is 54.5 Å². The number of likely N-dealkylation sites (tertiary alicyclic amines) is 1. The molecule has 1 aliphatic heterocycles. The molecule has 164 valence electrons. The van der Waals surface area contributed by atoms with E-state index in [2.05, 4.69) is 9.72 Å². The van der Waals surface area contributed by atoms with Crippen molar-refractivity contribution in [1.82, 2.24) is 9.88 Å². The maximum absolute atomic E-state index is 13.4. The molecule has 1 aromatic heterocycles. The van der Waals surface area contributed by atoms with Crippen LogP contribution < -0.4 is 9.64 Å². The first-order valence-corrected chi connectivity index (χ1v) is 9.58. The topological polar surface area (TPSA) is 58.8 Å². The highest BCUT2D eigenvalue weighted by Crippen LogP contribution is 2.32. The van der Waals surface area contributed by atoms with Crippen LogP contribution in [0.1, 0.15) is 16.8 Å². The van der Waals surface area contributed by atoms with Gasteiger partial charge in [0.05, 0.1) is 11.6 Å². The summed E-state index contributed by atoms with van der Waals surface area (Å²) >= 11 is 0. The van der Waals surface area contributed by atoms with Crippen molar-refractivity contribution in [3.63, 3.8) is 0 Å². The lowest BCUT2D eigenvalue weighted by atomic mass is 10.1. The number of halogens is 4. The van der Waals surface area contributed by atoms with Crippen molar-refractivity contribution in [3.05, 3.63) is 54.1 Å². The Morgan fingerprint density at radius 1 is 1.23 bits per heavy atom. The number of fused-ring (bicyclic) bond motifs is 1. The second kappa shape index (κ2) is 8.09. The second-order valence-electron chi connectivity index (χ2n) is 7.23. The molecule has 3 aromatic rings. The van der Waals surface area contributed by atoms with E-state index in [0.717, 1.165) is 6.07 Å². The fourth-order valence-corrected chi connectivity index (χ4v) is 3.50. The third kappa shape index (κ3) is 4.14. The number of carbonyl (C=O) groups excluding carboxylic acids is 1. The number of rotatable bonds is 6. The van der Waals surface area contributed by atoms with Crippen LogP contribution in [0.15, 0.2) is 52.9 Å². The number of carbonyl (C=O) groups is 1. The summed E-state index contributed by atoms with van der Waals surface area (Å²) in [5, 5.41) is 0. The SMILES string of the molecule is CN(c1nc2ccccc2o1)[C@@H]1CCN(C(=O)c2ccccc2OC(F)(F)C(F)F)C1. The standard InChI is InChI=1S/C21H19F4N3O3/c1-27(20-26-15-7-3-5-9-17(15)30-20)13-10-11-28(12-13)18(29)14-6-2-4-8-16(14)31-21(24,25)19(22)23/h2-9,13,19H,10-12H2,1H3/t13-/m1/s1. The number of oxazole rings is 1. The van der Waals surface area contributed by atoms with E-state index in [1.54, 1.807) is 13.1 Å². The highest BCUT2D eigenvalue weighted by Gasteiger charge is 2.45. The van der Waals surface area contributed by atoms with Gasteiger partial charge in [-0.15, -0.1) is 0 Å². The van der Waals surface area contributed by atoms with E-state index in [0.29, 0.717) is 30.1 Å². The molecule has 1 atom stereocenters. The molecule has 0 unspecified atom stereocenters. The fourth-order valence-electron chi connectivity index (χ4n) is 3.50. The molecule has 0 spiro atoms. The number of likely N-dealkylation sites (N-methyl/N-ethyl adjacent to an activating group) is 1. The highest BCUT2D eigenvalue weighted by molar-refractivity contribution is 5.97. The second-order valence-corrected chi connectivity index (χ2v) is 7.23. The summed E-state index contributed by atoms with van der Waals surface area (Å²) in [4.78, 5) is 20.6. The number of hydrogen-bond acceptors (Lipinski definition) is 5. The molecule has 6 nitrogen and oxygen atoms in total. The Labute approximate surface area is 175 Å². The van der Waals surface area contributed by atoms with Gasteiger partial charge in [-0.25, -0.2) is 0 Å². The molecule has 2 heterocycles. The van der Waals surface area contributed by atoms with Gasteiger partial charge < -0.3 is 19.0 Å². The van der Waals surface area contributed by atoms with Crippen LogP contribution in [0.5, 0.6) is 5.75 Å². The van der Waals surface area contributed by atoms with Crippen LogP contribution in [0, 0.1) is 0 Å². The molecular weight excluding hydrogens is 418 g/mol. The number of amides is 1. The molecule has 4 rings (SSSR count). The summed E-state index contributed by atoms with van der Waals surface area (Å²) in [7, 11) is 1.80. The fraction of sp³-hybridized carbons (Fsp3) is 0.333. The Morgan fingerprint density at radius 3 is 2.68 bits per heavy atom. The number of para-hydroxylation sites is 3. The largest absolute Gasteiger partial charge is 0.461 e. The Kier molecular flexibility index (Phi) is 5.47. The number of hydrogen-bond donors (Lipinski definition) is 0. The van der Waals surface area contributed by atoms with Crippen molar-refractivity contribution < 1.29 is 31.5 Å². The number of anilines is 1. The zero-order valence-electron chi connectivity index (χ0n) is 16.5. The monoisotopic (exact) mass is 437 g/mol. The zero-order chi connectivity index (χ0) is 22.2. The molecule has 31 heavy (non-hydrogen) atoms. The van der Waals surface area contributed by atoms with Crippen molar-refractivity contribution in [2.75, 3.05) is 25.0 Å². The lowest BCUT2D eigenvalue weighted by Gasteiger charge is -2.24. The van der Waals surface area contributed by atoms with E-state index >= 15 is 0 Å². The summed E-state index contributed by atoms with van der Waals surface area (Å²) in [6, 6.07) is 12.7. The van der Waals surface area contributed by atoms with Gasteiger partial charge in [0.25, 0.3) is 11.9 Å². The minimum Gasteiger partial charge on any atom is -0.427 e. The van der Waals surface area contributed by atoms with E-state index in [9.17, 15) is 22.4 Å². The molecule has 0 aliphatic carbocycles.